The van der Waals surface area contributed by atoms with Crippen molar-refractivity contribution < 1.29 is 0 Å². The topological polar surface area (TPSA) is 62.7 Å². The van der Waals surface area contributed by atoms with Gasteiger partial charge < -0.3 is 5.73 Å². The Kier molecular flexibility index (Phi) is 2.22. The zero-order valence-corrected chi connectivity index (χ0v) is 8.20. The summed E-state index contributed by atoms with van der Waals surface area (Å²) in [5, 5.41) is 8.92. The first kappa shape index (κ1) is 9.17. The minimum Gasteiger partial charge on any atom is -0.328 e. The van der Waals surface area contributed by atoms with Gasteiger partial charge in [-0.05, 0) is 31.9 Å². The molecular formula is C11H13N3. The van der Waals surface area contributed by atoms with Crippen LogP contribution in [-0.2, 0) is 0 Å². The third kappa shape index (κ3) is 1.49. The summed E-state index contributed by atoms with van der Waals surface area (Å²) < 4.78 is 0. The number of hydrogen-bond donors (Lipinski definition) is 1. The number of nitrogens with zero attached hydrogens (tertiary/aromatic N) is 2. The van der Waals surface area contributed by atoms with Crippen molar-refractivity contribution >= 4 is 0 Å². The van der Waals surface area contributed by atoms with Crippen LogP contribution < -0.4 is 5.73 Å². The van der Waals surface area contributed by atoms with Crippen molar-refractivity contribution in [1.82, 2.24) is 4.98 Å². The maximum Gasteiger partial charge on any atom is 0.101 e. The van der Waals surface area contributed by atoms with E-state index in [0.29, 0.717) is 17.5 Å². The molecular weight excluding hydrogens is 174 g/mol. The quantitative estimate of drug-likeness (QED) is 0.724. The van der Waals surface area contributed by atoms with E-state index in [0.717, 1.165) is 24.2 Å². The van der Waals surface area contributed by atoms with E-state index < -0.39 is 0 Å². The number of rotatable bonds is 1. The molecule has 1 aliphatic rings. The highest BCUT2D eigenvalue weighted by Crippen LogP contribution is 2.36. The first-order valence-electron chi connectivity index (χ1n) is 4.84. The molecule has 2 N–H and O–H groups in total. The van der Waals surface area contributed by atoms with Crippen LogP contribution in [0.2, 0.25) is 0 Å². The van der Waals surface area contributed by atoms with E-state index >= 15 is 0 Å². The van der Waals surface area contributed by atoms with Crippen molar-refractivity contribution in [2.75, 3.05) is 0 Å². The van der Waals surface area contributed by atoms with Gasteiger partial charge in [-0.2, -0.15) is 5.26 Å². The molecule has 0 aliphatic heterocycles. The van der Waals surface area contributed by atoms with Crippen molar-refractivity contribution in [3.8, 4) is 6.07 Å². The zero-order valence-electron chi connectivity index (χ0n) is 8.20. The Balaban J connectivity index is 2.32. The summed E-state index contributed by atoms with van der Waals surface area (Å²) in [6.07, 6.45) is 1.93. The van der Waals surface area contributed by atoms with Gasteiger partial charge in [-0.1, -0.05) is 0 Å². The maximum absolute atomic E-state index is 8.92. The summed E-state index contributed by atoms with van der Waals surface area (Å²) in [6, 6.07) is 6.21. The van der Waals surface area contributed by atoms with Gasteiger partial charge in [-0.3, -0.25) is 4.98 Å². The lowest BCUT2D eigenvalue weighted by Gasteiger charge is -2.32. The molecule has 2 rings (SSSR count). The fourth-order valence-electron chi connectivity index (χ4n) is 1.87. The highest BCUT2D eigenvalue weighted by molar-refractivity contribution is 5.37. The minimum atomic E-state index is 0.300. The summed E-state index contributed by atoms with van der Waals surface area (Å²) >= 11 is 0. The van der Waals surface area contributed by atoms with Crippen LogP contribution in [0.3, 0.4) is 0 Å². The van der Waals surface area contributed by atoms with E-state index in [9.17, 15) is 0 Å². The van der Waals surface area contributed by atoms with E-state index in [2.05, 4.69) is 11.1 Å². The molecule has 1 fully saturated rings. The molecule has 72 valence electrons. The van der Waals surface area contributed by atoms with Gasteiger partial charge in [-0.15, -0.1) is 0 Å². The van der Waals surface area contributed by atoms with Crippen molar-refractivity contribution in [1.29, 1.82) is 5.26 Å². The standard InChI is InChI=1S/C11H13N3/c1-7-2-3-8(6-12)11(14-7)9-4-10(13)5-9/h2-3,9-10H,4-5,13H2,1H3. The fourth-order valence-corrected chi connectivity index (χ4v) is 1.87. The number of hydrogen-bond acceptors (Lipinski definition) is 3. The van der Waals surface area contributed by atoms with Crippen LogP contribution in [-0.4, -0.2) is 11.0 Å². The van der Waals surface area contributed by atoms with Gasteiger partial charge in [0.25, 0.3) is 0 Å². The van der Waals surface area contributed by atoms with Crippen LogP contribution in [0.4, 0.5) is 0 Å². The highest BCUT2D eigenvalue weighted by atomic mass is 14.8. The third-order valence-corrected chi connectivity index (χ3v) is 2.75. The molecule has 0 atom stereocenters. The number of nitriles is 1. The number of pyridine rings is 1. The largest absolute Gasteiger partial charge is 0.328 e. The average Bonchev–Trinajstić information content (AvgIpc) is 2.13. The van der Waals surface area contributed by atoms with Crippen LogP contribution >= 0.6 is 0 Å². The Labute approximate surface area is 83.6 Å². The lowest BCUT2D eigenvalue weighted by molar-refractivity contribution is 0.344. The molecule has 0 unspecified atom stereocenters. The van der Waals surface area contributed by atoms with Crippen molar-refractivity contribution in [3.05, 3.63) is 29.1 Å². The number of aryl methyl sites for hydroxylation is 1. The monoisotopic (exact) mass is 187 g/mol. The van der Waals surface area contributed by atoms with E-state index in [1.807, 2.05) is 19.1 Å². The molecule has 3 nitrogen and oxygen atoms in total. The summed E-state index contributed by atoms with van der Waals surface area (Å²) in [6.45, 7) is 1.95. The van der Waals surface area contributed by atoms with Gasteiger partial charge in [-0.25, -0.2) is 0 Å². The minimum absolute atomic E-state index is 0.300. The van der Waals surface area contributed by atoms with E-state index in [1.54, 1.807) is 0 Å². The van der Waals surface area contributed by atoms with Gasteiger partial charge in [0.1, 0.15) is 6.07 Å². The van der Waals surface area contributed by atoms with Gasteiger partial charge in [0.05, 0.1) is 11.3 Å². The number of aromatic nitrogens is 1. The third-order valence-electron chi connectivity index (χ3n) is 2.75. The molecule has 3 heteroatoms. The summed E-state index contributed by atoms with van der Waals surface area (Å²) in [5.41, 5.74) is 8.34. The molecule has 0 radical (unpaired) electrons. The predicted octanol–water partition coefficient (Wildman–Crippen LogP) is 1.47. The van der Waals surface area contributed by atoms with Crippen LogP contribution in [0.15, 0.2) is 12.1 Å². The SMILES string of the molecule is Cc1ccc(C#N)c(C2CC(N)C2)n1. The summed E-state index contributed by atoms with van der Waals surface area (Å²) in [5.74, 6) is 0.402. The molecule has 1 aromatic heterocycles. The first-order chi connectivity index (χ1) is 6.70. The second kappa shape index (κ2) is 3.39. The lowest BCUT2D eigenvalue weighted by Crippen LogP contribution is -2.35. The lowest BCUT2D eigenvalue weighted by atomic mass is 9.77. The molecule has 1 aromatic rings. The van der Waals surface area contributed by atoms with Crippen molar-refractivity contribution in [2.45, 2.75) is 31.7 Å². The molecule has 0 spiro atoms. The molecule has 1 aliphatic carbocycles. The summed E-state index contributed by atoms with van der Waals surface area (Å²) in [7, 11) is 0. The van der Waals surface area contributed by atoms with Crippen LogP contribution in [0, 0.1) is 18.3 Å². The molecule has 0 saturated heterocycles. The molecule has 14 heavy (non-hydrogen) atoms. The van der Waals surface area contributed by atoms with E-state index in [4.69, 9.17) is 11.0 Å². The Hall–Kier alpha value is -1.40. The van der Waals surface area contributed by atoms with Crippen molar-refractivity contribution in [2.24, 2.45) is 5.73 Å². The second-order valence-corrected chi connectivity index (χ2v) is 3.93. The normalized spacial score (nSPS) is 25.2. The first-order valence-corrected chi connectivity index (χ1v) is 4.84. The molecule has 1 heterocycles. The van der Waals surface area contributed by atoms with Gasteiger partial charge in [0, 0.05) is 17.7 Å². The highest BCUT2D eigenvalue weighted by Gasteiger charge is 2.30. The zero-order chi connectivity index (χ0) is 10.1. The molecule has 1 saturated carbocycles. The fraction of sp³-hybridized carbons (Fsp3) is 0.455. The Morgan fingerprint density at radius 2 is 2.21 bits per heavy atom. The van der Waals surface area contributed by atoms with E-state index in [-0.39, 0.29) is 0 Å². The van der Waals surface area contributed by atoms with Crippen LogP contribution in [0.25, 0.3) is 0 Å². The summed E-state index contributed by atoms with van der Waals surface area (Å²) in [4.78, 5) is 4.42. The predicted molar refractivity (Wildman–Crippen MR) is 53.6 cm³/mol. The smallest absolute Gasteiger partial charge is 0.101 e. The Morgan fingerprint density at radius 3 is 2.79 bits per heavy atom. The molecule has 0 bridgehead atoms. The van der Waals surface area contributed by atoms with Gasteiger partial charge >= 0.3 is 0 Å². The van der Waals surface area contributed by atoms with Gasteiger partial charge in [0.2, 0.25) is 0 Å². The van der Waals surface area contributed by atoms with Crippen LogP contribution in [0.1, 0.15) is 35.7 Å². The molecule has 0 aromatic carbocycles. The molecule has 0 amide bonds. The van der Waals surface area contributed by atoms with E-state index in [1.165, 1.54) is 0 Å². The maximum atomic E-state index is 8.92. The average molecular weight is 187 g/mol. The van der Waals surface area contributed by atoms with Gasteiger partial charge in [0.15, 0.2) is 0 Å². The Bertz CT molecular complexity index is 386. The Morgan fingerprint density at radius 1 is 1.50 bits per heavy atom. The number of nitrogens with two attached hydrogens (primary N) is 1. The van der Waals surface area contributed by atoms with Crippen LogP contribution in [0.5, 0.6) is 0 Å². The second-order valence-electron chi connectivity index (χ2n) is 3.93. The van der Waals surface area contributed by atoms with Crippen molar-refractivity contribution in [3.63, 3.8) is 0 Å².